The van der Waals surface area contributed by atoms with E-state index in [0.29, 0.717) is 5.69 Å². The molecule has 0 atom stereocenters. The van der Waals surface area contributed by atoms with Crippen LogP contribution in [0.2, 0.25) is 4.47 Å². The zero-order valence-corrected chi connectivity index (χ0v) is 13.2. The Morgan fingerprint density at radius 1 is 1.42 bits per heavy atom. The van der Waals surface area contributed by atoms with Crippen LogP contribution in [0.3, 0.4) is 0 Å². The van der Waals surface area contributed by atoms with E-state index in [-0.39, 0.29) is 8.68 Å². The van der Waals surface area contributed by atoms with Crippen LogP contribution in [-0.4, -0.2) is 19.2 Å². The van der Waals surface area contributed by atoms with Gasteiger partial charge >= 0.3 is 0 Å². The fourth-order valence-corrected chi connectivity index (χ4v) is 4.59. The number of thiazole rings is 1. The lowest BCUT2D eigenvalue weighted by molar-refractivity contribution is 0.603. The molecule has 0 aliphatic heterocycles. The summed E-state index contributed by atoms with van der Waals surface area (Å²) >= 11 is 8.17. The van der Waals surface area contributed by atoms with Gasteiger partial charge in [0, 0.05) is 4.90 Å². The van der Waals surface area contributed by atoms with Crippen molar-refractivity contribution in [3.63, 3.8) is 0 Å². The Labute approximate surface area is 125 Å². The van der Waals surface area contributed by atoms with Crippen molar-refractivity contribution in [1.82, 2.24) is 4.98 Å². The highest BCUT2D eigenvalue weighted by atomic mass is 35.5. The maximum Gasteiger partial charge on any atom is 0.273 e. The highest BCUT2D eigenvalue weighted by molar-refractivity contribution is 7.99. The molecule has 0 fully saturated rings. The third kappa shape index (κ3) is 3.62. The molecule has 4 nitrogen and oxygen atoms in total. The maximum atomic E-state index is 12.2. The monoisotopic (exact) mass is 334 g/mol. The van der Waals surface area contributed by atoms with Gasteiger partial charge < -0.3 is 0 Å². The van der Waals surface area contributed by atoms with Crippen LogP contribution in [0.4, 0.5) is 5.69 Å². The van der Waals surface area contributed by atoms with Gasteiger partial charge in [0.1, 0.15) is 0 Å². The fraction of sp³-hybridized carbons (Fsp3) is 0.182. The molecule has 0 amide bonds. The predicted octanol–water partition coefficient (Wildman–Crippen LogP) is 3.71. The van der Waals surface area contributed by atoms with Crippen LogP contribution < -0.4 is 4.72 Å². The number of anilines is 1. The quantitative estimate of drug-likeness (QED) is 0.847. The molecule has 1 N–H and O–H groups in total. The number of nitrogens with one attached hydrogen (secondary N) is 1. The number of para-hydroxylation sites is 1. The van der Waals surface area contributed by atoms with Crippen LogP contribution in [0.5, 0.6) is 0 Å². The Morgan fingerprint density at radius 3 is 2.79 bits per heavy atom. The summed E-state index contributed by atoms with van der Waals surface area (Å²) < 4.78 is 27.2. The molecule has 0 radical (unpaired) electrons. The van der Waals surface area contributed by atoms with Gasteiger partial charge in [-0.3, -0.25) is 4.72 Å². The molecule has 2 aromatic rings. The molecule has 0 saturated heterocycles. The Kier molecular flexibility index (Phi) is 4.72. The molecule has 1 aromatic carbocycles. The zero-order chi connectivity index (χ0) is 13.9. The minimum absolute atomic E-state index is 0.105. The second-order valence-corrected chi connectivity index (χ2v) is 8.29. The standard InChI is InChI=1S/C11H11ClN2O2S3/c1-2-17-9-6-4-3-5-8(9)14-19(15,16)10-7-13-11(12)18-10/h3-7,14H,2H2,1H3. The molecule has 0 spiro atoms. The number of hydrogen-bond acceptors (Lipinski definition) is 5. The van der Waals surface area contributed by atoms with E-state index in [9.17, 15) is 8.42 Å². The minimum Gasteiger partial charge on any atom is -0.278 e. The molecule has 102 valence electrons. The molecule has 0 unspecified atom stereocenters. The lowest BCUT2D eigenvalue weighted by Gasteiger charge is -2.10. The van der Waals surface area contributed by atoms with Gasteiger partial charge in [-0.1, -0.05) is 42.0 Å². The predicted molar refractivity (Wildman–Crippen MR) is 80.8 cm³/mol. The number of benzene rings is 1. The van der Waals surface area contributed by atoms with Gasteiger partial charge in [0.2, 0.25) is 0 Å². The number of thioether (sulfide) groups is 1. The fourth-order valence-electron chi connectivity index (χ4n) is 1.39. The van der Waals surface area contributed by atoms with Crippen molar-refractivity contribution in [3.8, 4) is 0 Å². The van der Waals surface area contributed by atoms with Crippen molar-refractivity contribution in [2.24, 2.45) is 0 Å². The van der Waals surface area contributed by atoms with Crippen molar-refractivity contribution in [2.45, 2.75) is 16.0 Å². The first-order chi connectivity index (χ1) is 9.03. The molecule has 19 heavy (non-hydrogen) atoms. The van der Waals surface area contributed by atoms with Crippen molar-refractivity contribution >= 4 is 50.4 Å². The van der Waals surface area contributed by atoms with Crippen molar-refractivity contribution in [3.05, 3.63) is 34.9 Å². The summed E-state index contributed by atoms with van der Waals surface area (Å²) in [6, 6.07) is 7.28. The van der Waals surface area contributed by atoms with E-state index in [1.54, 1.807) is 23.9 Å². The van der Waals surface area contributed by atoms with Gasteiger partial charge in [-0.2, -0.15) is 0 Å². The first-order valence-corrected chi connectivity index (χ1v) is 9.05. The number of aromatic nitrogens is 1. The number of nitrogens with zero attached hydrogens (tertiary/aromatic N) is 1. The van der Waals surface area contributed by atoms with Crippen LogP contribution in [-0.2, 0) is 10.0 Å². The number of rotatable bonds is 5. The number of sulfonamides is 1. The summed E-state index contributed by atoms with van der Waals surface area (Å²) in [6.07, 6.45) is 1.25. The topological polar surface area (TPSA) is 59.1 Å². The second-order valence-electron chi connectivity index (χ2n) is 3.47. The summed E-state index contributed by atoms with van der Waals surface area (Å²) in [7, 11) is -3.63. The Balaban J connectivity index is 2.30. The molecule has 0 saturated carbocycles. The van der Waals surface area contributed by atoms with Gasteiger partial charge in [-0.05, 0) is 17.9 Å². The summed E-state index contributed by atoms with van der Waals surface area (Å²) in [5, 5.41) is 0. The third-order valence-electron chi connectivity index (χ3n) is 2.15. The van der Waals surface area contributed by atoms with Gasteiger partial charge in [0.25, 0.3) is 10.0 Å². The smallest absolute Gasteiger partial charge is 0.273 e. The molecule has 8 heteroatoms. The van der Waals surface area contributed by atoms with E-state index >= 15 is 0 Å². The average Bonchev–Trinajstić information content (AvgIpc) is 2.79. The van der Waals surface area contributed by atoms with E-state index in [2.05, 4.69) is 9.71 Å². The molecular formula is C11H11ClN2O2S3. The average molecular weight is 335 g/mol. The van der Waals surface area contributed by atoms with Crippen molar-refractivity contribution in [2.75, 3.05) is 10.5 Å². The van der Waals surface area contributed by atoms with E-state index in [1.807, 2.05) is 19.1 Å². The maximum absolute atomic E-state index is 12.2. The molecule has 1 heterocycles. The Bertz CT molecular complexity index is 670. The van der Waals surface area contributed by atoms with Crippen LogP contribution >= 0.6 is 34.7 Å². The summed E-state index contributed by atoms with van der Waals surface area (Å²) in [5.74, 6) is 0.866. The molecule has 2 rings (SSSR count). The largest absolute Gasteiger partial charge is 0.278 e. The molecule has 0 aliphatic carbocycles. The van der Waals surface area contributed by atoms with Crippen LogP contribution in [0.1, 0.15) is 6.92 Å². The molecule has 0 aliphatic rings. The van der Waals surface area contributed by atoms with E-state index in [1.165, 1.54) is 6.20 Å². The SMILES string of the molecule is CCSc1ccccc1NS(=O)(=O)c1cnc(Cl)s1. The van der Waals surface area contributed by atoms with Crippen molar-refractivity contribution in [1.29, 1.82) is 0 Å². The Hall–Kier alpha value is -0.760. The van der Waals surface area contributed by atoms with Gasteiger partial charge in [0.05, 0.1) is 11.9 Å². The summed E-state index contributed by atoms with van der Waals surface area (Å²) in [6.45, 7) is 2.01. The first kappa shape index (κ1) is 14.6. The second kappa shape index (κ2) is 6.13. The van der Waals surface area contributed by atoms with Gasteiger partial charge in [-0.25, -0.2) is 13.4 Å². The molecule has 0 bridgehead atoms. The number of hydrogen-bond donors (Lipinski definition) is 1. The van der Waals surface area contributed by atoms with E-state index in [0.717, 1.165) is 22.0 Å². The van der Waals surface area contributed by atoms with Crippen LogP contribution in [0, 0.1) is 0 Å². The highest BCUT2D eigenvalue weighted by Gasteiger charge is 2.18. The summed E-state index contributed by atoms with van der Waals surface area (Å²) in [5.41, 5.74) is 0.568. The Morgan fingerprint density at radius 2 is 2.16 bits per heavy atom. The molecule has 1 aromatic heterocycles. The van der Waals surface area contributed by atoms with Crippen LogP contribution in [0.25, 0.3) is 0 Å². The third-order valence-corrected chi connectivity index (χ3v) is 6.05. The molecular weight excluding hydrogens is 324 g/mol. The van der Waals surface area contributed by atoms with E-state index in [4.69, 9.17) is 11.6 Å². The summed E-state index contributed by atoms with van der Waals surface area (Å²) in [4.78, 5) is 4.64. The first-order valence-electron chi connectivity index (χ1n) is 5.39. The highest BCUT2D eigenvalue weighted by Crippen LogP contribution is 2.30. The van der Waals surface area contributed by atoms with Gasteiger partial charge in [-0.15, -0.1) is 11.8 Å². The van der Waals surface area contributed by atoms with Crippen LogP contribution in [0.15, 0.2) is 39.6 Å². The normalized spacial score (nSPS) is 11.5. The number of halogens is 1. The minimum atomic E-state index is -3.63. The van der Waals surface area contributed by atoms with E-state index < -0.39 is 10.0 Å². The van der Waals surface area contributed by atoms with Crippen molar-refractivity contribution < 1.29 is 8.42 Å². The lowest BCUT2D eigenvalue weighted by atomic mass is 10.3. The lowest BCUT2D eigenvalue weighted by Crippen LogP contribution is -2.12. The zero-order valence-electron chi connectivity index (χ0n) is 9.96. The van der Waals surface area contributed by atoms with Gasteiger partial charge in [0.15, 0.2) is 8.68 Å².